The zero-order valence-corrected chi connectivity index (χ0v) is 14.9. The fourth-order valence-electron chi connectivity index (χ4n) is 3.14. The molecule has 2 fully saturated rings. The van der Waals surface area contributed by atoms with E-state index in [0.29, 0.717) is 6.04 Å². The Morgan fingerprint density at radius 3 is 2.46 bits per heavy atom. The van der Waals surface area contributed by atoms with Crippen LogP contribution in [-0.4, -0.2) is 68.1 Å². The Balaban J connectivity index is 1.27. The minimum absolute atomic E-state index is 0.661. The third kappa shape index (κ3) is 5.80. The molecular weight excluding hydrogens is 298 g/mol. The summed E-state index contributed by atoms with van der Waals surface area (Å²) in [6.45, 7) is 7.97. The number of benzene rings is 1. The van der Waals surface area contributed by atoms with E-state index in [1.165, 1.54) is 57.5 Å². The molecule has 0 aromatic heterocycles. The number of piperazine rings is 1. The van der Waals surface area contributed by atoms with Gasteiger partial charge in [0.1, 0.15) is 0 Å². The van der Waals surface area contributed by atoms with Crippen molar-refractivity contribution in [3.63, 3.8) is 0 Å². The molecule has 1 saturated heterocycles. The number of nitrogens with one attached hydrogen (secondary N) is 2. The second-order valence-electron chi connectivity index (χ2n) is 6.87. The lowest BCUT2D eigenvalue weighted by molar-refractivity contribution is 0.126. The zero-order chi connectivity index (χ0) is 16.6. The van der Waals surface area contributed by atoms with Crippen LogP contribution >= 0.6 is 0 Å². The molecule has 5 heteroatoms. The predicted molar refractivity (Wildman–Crippen MR) is 100 cm³/mol. The second kappa shape index (κ2) is 9.04. The standard InChI is InChI=1S/C19H31N5/c1-20-19(22-18-8-9-18)21-10-5-11-23-12-14-24(15-13-23)16-17-6-3-2-4-7-17/h2-4,6-7,18H,5,8-16H2,1H3,(H2,20,21,22). The van der Waals surface area contributed by atoms with Crippen LogP contribution in [0.25, 0.3) is 0 Å². The minimum atomic E-state index is 0.661. The molecule has 0 radical (unpaired) electrons. The normalized spacial score (nSPS) is 20.1. The Bertz CT molecular complexity index is 504. The maximum atomic E-state index is 4.28. The lowest BCUT2D eigenvalue weighted by Crippen LogP contribution is -2.46. The van der Waals surface area contributed by atoms with E-state index >= 15 is 0 Å². The van der Waals surface area contributed by atoms with Gasteiger partial charge in [0.05, 0.1) is 0 Å². The van der Waals surface area contributed by atoms with Crippen LogP contribution in [0.5, 0.6) is 0 Å². The first-order valence-electron chi connectivity index (χ1n) is 9.29. The summed E-state index contributed by atoms with van der Waals surface area (Å²) in [4.78, 5) is 9.42. The van der Waals surface area contributed by atoms with E-state index in [1.54, 1.807) is 0 Å². The first-order chi connectivity index (χ1) is 11.8. The molecule has 1 aliphatic heterocycles. The highest BCUT2D eigenvalue weighted by Gasteiger charge is 2.22. The molecule has 1 aromatic carbocycles. The number of rotatable bonds is 7. The molecule has 1 aliphatic carbocycles. The molecular formula is C19H31N5. The maximum Gasteiger partial charge on any atom is 0.191 e. The summed E-state index contributed by atoms with van der Waals surface area (Å²) in [7, 11) is 1.85. The summed E-state index contributed by atoms with van der Waals surface area (Å²) >= 11 is 0. The molecule has 1 saturated carbocycles. The van der Waals surface area contributed by atoms with Crippen molar-refractivity contribution in [3.05, 3.63) is 35.9 Å². The van der Waals surface area contributed by atoms with Gasteiger partial charge in [-0.1, -0.05) is 30.3 Å². The molecule has 0 bridgehead atoms. The highest BCUT2D eigenvalue weighted by Crippen LogP contribution is 2.18. The Labute approximate surface area is 146 Å². The summed E-state index contributed by atoms with van der Waals surface area (Å²) < 4.78 is 0. The Morgan fingerprint density at radius 1 is 1.08 bits per heavy atom. The number of guanidine groups is 1. The summed E-state index contributed by atoms with van der Waals surface area (Å²) in [5.41, 5.74) is 1.42. The van der Waals surface area contributed by atoms with Crippen molar-refractivity contribution in [2.24, 2.45) is 4.99 Å². The molecule has 0 atom stereocenters. The molecule has 132 valence electrons. The van der Waals surface area contributed by atoms with E-state index in [-0.39, 0.29) is 0 Å². The van der Waals surface area contributed by atoms with Crippen LogP contribution < -0.4 is 10.6 Å². The Morgan fingerprint density at radius 2 is 1.79 bits per heavy atom. The van der Waals surface area contributed by atoms with Crippen LogP contribution in [0.15, 0.2) is 35.3 Å². The van der Waals surface area contributed by atoms with Gasteiger partial charge in [0, 0.05) is 52.4 Å². The lowest BCUT2D eigenvalue weighted by Gasteiger charge is -2.34. The zero-order valence-electron chi connectivity index (χ0n) is 14.9. The van der Waals surface area contributed by atoms with Gasteiger partial charge >= 0.3 is 0 Å². The van der Waals surface area contributed by atoms with Crippen LogP contribution in [0.2, 0.25) is 0 Å². The lowest BCUT2D eigenvalue weighted by atomic mass is 10.2. The van der Waals surface area contributed by atoms with Crippen molar-refractivity contribution < 1.29 is 0 Å². The summed E-state index contributed by atoms with van der Waals surface area (Å²) in [6, 6.07) is 11.5. The van der Waals surface area contributed by atoms with Crippen LogP contribution in [0.4, 0.5) is 0 Å². The average molecular weight is 329 g/mol. The highest BCUT2D eigenvalue weighted by molar-refractivity contribution is 5.80. The molecule has 0 spiro atoms. The van der Waals surface area contributed by atoms with Crippen LogP contribution in [0.3, 0.4) is 0 Å². The molecule has 5 nitrogen and oxygen atoms in total. The topological polar surface area (TPSA) is 42.9 Å². The molecule has 0 unspecified atom stereocenters. The number of nitrogens with zero attached hydrogens (tertiary/aromatic N) is 3. The minimum Gasteiger partial charge on any atom is -0.356 e. The van der Waals surface area contributed by atoms with Gasteiger partial charge in [0.2, 0.25) is 0 Å². The molecule has 0 amide bonds. The Hall–Kier alpha value is -1.59. The molecule has 24 heavy (non-hydrogen) atoms. The fourth-order valence-corrected chi connectivity index (χ4v) is 3.14. The predicted octanol–water partition coefficient (Wildman–Crippen LogP) is 1.52. The number of aliphatic imine (C=N–C) groups is 1. The smallest absolute Gasteiger partial charge is 0.191 e. The second-order valence-corrected chi connectivity index (χ2v) is 6.87. The summed E-state index contributed by atoms with van der Waals surface area (Å²) in [5.74, 6) is 0.963. The van der Waals surface area contributed by atoms with Gasteiger partial charge in [0.25, 0.3) is 0 Å². The van der Waals surface area contributed by atoms with Gasteiger partial charge in [-0.15, -0.1) is 0 Å². The SMILES string of the molecule is CN=C(NCCCN1CCN(Cc2ccccc2)CC1)NC1CC1. The number of hydrogen-bond donors (Lipinski definition) is 2. The molecule has 2 N–H and O–H groups in total. The van der Waals surface area contributed by atoms with Crippen molar-refractivity contribution >= 4 is 5.96 Å². The van der Waals surface area contributed by atoms with Crippen molar-refractivity contribution in [1.82, 2.24) is 20.4 Å². The molecule has 1 aromatic rings. The molecule has 1 heterocycles. The third-order valence-corrected chi connectivity index (χ3v) is 4.80. The highest BCUT2D eigenvalue weighted by atomic mass is 15.3. The van der Waals surface area contributed by atoms with E-state index in [9.17, 15) is 0 Å². The number of hydrogen-bond acceptors (Lipinski definition) is 3. The molecule has 2 aliphatic rings. The summed E-state index contributed by atoms with van der Waals surface area (Å²) in [5, 5.41) is 6.85. The summed E-state index contributed by atoms with van der Waals surface area (Å²) in [6.07, 6.45) is 3.74. The van der Waals surface area contributed by atoms with Gasteiger partial charge in [-0.25, -0.2) is 0 Å². The van der Waals surface area contributed by atoms with Gasteiger partial charge in [-0.2, -0.15) is 0 Å². The van der Waals surface area contributed by atoms with E-state index < -0.39 is 0 Å². The van der Waals surface area contributed by atoms with Crippen LogP contribution in [-0.2, 0) is 6.54 Å². The largest absolute Gasteiger partial charge is 0.356 e. The monoisotopic (exact) mass is 329 g/mol. The Kier molecular flexibility index (Phi) is 6.49. The third-order valence-electron chi connectivity index (χ3n) is 4.80. The van der Waals surface area contributed by atoms with Gasteiger partial charge in [-0.3, -0.25) is 9.89 Å². The van der Waals surface area contributed by atoms with Crippen molar-refractivity contribution in [2.75, 3.05) is 46.3 Å². The quantitative estimate of drug-likeness (QED) is 0.452. The van der Waals surface area contributed by atoms with Crippen LogP contribution in [0.1, 0.15) is 24.8 Å². The van der Waals surface area contributed by atoms with E-state index in [4.69, 9.17) is 0 Å². The van der Waals surface area contributed by atoms with E-state index in [1.807, 2.05) is 7.05 Å². The van der Waals surface area contributed by atoms with E-state index in [2.05, 4.69) is 55.8 Å². The average Bonchev–Trinajstić information content (AvgIpc) is 3.44. The maximum absolute atomic E-state index is 4.28. The first-order valence-corrected chi connectivity index (χ1v) is 9.29. The molecule has 3 rings (SSSR count). The van der Waals surface area contributed by atoms with Gasteiger partial charge < -0.3 is 15.5 Å². The van der Waals surface area contributed by atoms with E-state index in [0.717, 1.165) is 19.0 Å². The van der Waals surface area contributed by atoms with Crippen molar-refractivity contribution in [3.8, 4) is 0 Å². The van der Waals surface area contributed by atoms with Crippen LogP contribution in [0, 0.1) is 0 Å². The van der Waals surface area contributed by atoms with Gasteiger partial charge in [-0.05, 0) is 31.4 Å². The van der Waals surface area contributed by atoms with Crippen molar-refractivity contribution in [1.29, 1.82) is 0 Å². The van der Waals surface area contributed by atoms with Gasteiger partial charge in [0.15, 0.2) is 5.96 Å². The first kappa shape index (κ1) is 17.2. The fraction of sp³-hybridized carbons (Fsp3) is 0.632. The van der Waals surface area contributed by atoms with Crippen molar-refractivity contribution in [2.45, 2.75) is 31.8 Å².